The summed E-state index contributed by atoms with van der Waals surface area (Å²) in [5.41, 5.74) is -2.06. The fourth-order valence-electron chi connectivity index (χ4n) is 8.68. The summed E-state index contributed by atoms with van der Waals surface area (Å²) in [6, 6.07) is 0.597. The summed E-state index contributed by atoms with van der Waals surface area (Å²) < 4.78 is 130. The fraction of sp³-hybridized carbons (Fsp3) is 0.606. The van der Waals surface area contributed by atoms with Crippen molar-refractivity contribution in [3.8, 4) is 17.3 Å². The highest BCUT2D eigenvalue weighted by atomic mass is 19.4. The minimum absolute atomic E-state index is 0.0205. The maximum atomic E-state index is 16.9. The molecule has 272 valence electrons. The third kappa shape index (κ3) is 5.97. The maximum absolute atomic E-state index is 16.9. The van der Waals surface area contributed by atoms with Crippen molar-refractivity contribution in [3.05, 3.63) is 34.6 Å². The Bertz CT molecular complexity index is 1790. The van der Waals surface area contributed by atoms with Gasteiger partial charge in [0.05, 0.1) is 34.5 Å². The molecule has 4 aliphatic heterocycles. The smallest absolute Gasteiger partial charge is 0.418 e. The van der Waals surface area contributed by atoms with Crippen LogP contribution in [0, 0.1) is 12.7 Å². The van der Waals surface area contributed by atoms with Crippen LogP contribution < -0.4 is 20.7 Å². The molecule has 0 spiro atoms. The molecule has 2 bridgehead atoms. The van der Waals surface area contributed by atoms with Crippen molar-refractivity contribution in [2.45, 2.75) is 87.6 Å². The highest BCUT2D eigenvalue weighted by molar-refractivity contribution is 5.96. The number of aryl methyl sites for hydroxylation is 1. The number of nitrogens with two attached hydrogens (primary N) is 1. The molecule has 50 heavy (non-hydrogen) atoms. The Morgan fingerprint density at radius 2 is 1.86 bits per heavy atom. The van der Waals surface area contributed by atoms with E-state index in [-0.39, 0.29) is 54.9 Å². The summed E-state index contributed by atoms with van der Waals surface area (Å²) in [7, 11) is 1.56. The number of anilines is 2. The molecular formula is C33H37F8N7O2. The van der Waals surface area contributed by atoms with Gasteiger partial charge in [0, 0.05) is 50.1 Å². The van der Waals surface area contributed by atoms with Crippen LogP contribution in [0.2, 0.25) is 0 Å². The van der Waals surface area contributed by atoms with Gasteiger partial charge < -0.3 is 25.4 Å². The fourth-order valence-corrected chi connectivity index (χ4v) is 8.68. The molecule has 6 heterocycles. The Kier molecular flexibility index (Phi) is 8.77. The molecule has 3 aromatic rings. The van der Waals surface area contributed by atoms with Crippen molar-refractivity contribution in [1.29, 1.82) is 0 Å². The van der Waals surface area contributed by atoms with E-state index in [4.69, 9.17) is 15.2 Å². The third-order valence-electron chi connectivity index (χ3n) is 10.7. The topological polar surface area (TPSA) is 102 Å². The highest BCUT2D eigenvalue weighted by Gasteiger charge is 2.51. The normalized spacial score (nSPS) is 26.8. The van der Waals surface area contributed by atoms with E-state index in [1.54, 1.807) is 7.11 Å². The first-order chi connectivity index (χ1) is 23.6. The van der Waals surface area contributed by atoms with Gasteiger partial charge >= 0.3 is 18.4 Å². The first-order valence-corrected chi connectivity index (χ1v) is 16.6. The van der Waals surface area contributed by atoms with E-state index in [1.165, 1.54) is 0 Å². The molecule has 5 atom stereocenters. The Labute approximate surface area is 282 Å². The van der Waals surface area contributed by atoms with Gasteiger partial charge in [-0.05, 0) is 63.3 Å². The number of methoxy groups -OCH3 is 1. The number of alkyl halides is 7. The molecule has 4 saturated heterocycles. The van der Waals surface area contributed by atoms with Gasteiger partial charge in [0.15, 0.2) is 5.82 Å². The van der Waals surface area contributed by atoms with Gasteiger partial charge in [-0.2, -0.15) is 36.3 Å². The van der Waals surface area contributed by atoms with Crippen molar-refractivity contribution in [2.75, 3.05) is 50.6 Å². The van der Waals surface area contributed by atoms with Gasteiger partial charge in [-0.25, -0.2) is 13.8 Å². The van der Waals surface area contributed by atoms with Crippen molar-refractivity contribution in [2.24, 2.45) is 0 Å². The van der Waals surface area contributed by atoms with Crippen LogP contribution in [0.15, 0.2) is 12.1 Å². The maximum Gasteiger partial charge on any atom is 0.418 e. The lowest BCUT2D eigenvalue weighted by Crippen LogP contribution is -2.43. The van der Waals surface area contributed by atoms with E-state index in [2.05, 4.69) is 20.3 Å². The summed E-state index contributed by atoms with van der Waals surface area (Å²) >= 11 is 0. The lowest BCUT2D eigenvalue weighted by Gasteiger charge is -2.31. The van der Waals surface area contributed by atoms with E-state index in [9.17, 15) is 30.7 Å². The second kappa shape index (κ2) is 12.6. The number of pyridine rings is 1. The lowest BCUT2D eigenvalue weighted by atomic mass is 9.94. The number of halogens is 8. The Balaban J connectivity index is 1.43. The molecule has 7 rings (SSSR count). The van der Waals surface area contributed by atoms with Crippen LogP contribution in [0.3, 0.4) is 0 Å². The summed E-state index contributed by atoms with van der Waals surface area (Å²) in [5, 5.41) is 3.08. The minimum atomic E-state index is -5.31. The highest BCUT2D eigenvalue weighted by Crippen LogP contribution is 2.49. The number of nitrogens with zero attached hydrogens (tertiary/aromatic N) is 5. The Morgan fingerprint density at radius 1 is 1.08 bits per heavy atom. The second-order valence-electron chi connectivity index (χ2n) is 13.8. The standard InChI is InChI=1S/C33H37F8N7O2/c1-16-10-23(42)44-28(25(16)33(39,40)41)24-20(32(36,37)38)12-19-27(26(24)35)45-30(50-15-31-6-3-8-47(31)14-17(34)13-31)46-29(19)48-18-4-5-22(48)21(11-18)43-7-9-49-2/h10,12,17-18,21-22,43H,3-9,11,13-15H2,1-2H3,(H2,42,44)/t17-,18-,21?,22-,31+/m1/s1. The number of hydrogen-bond donors (Lipinski definition) is 2. The van der Waals surface area contributed by atoms with Gasteiger partial charge in [0.2, 0.25) is 0 Å². The number of rotatable bonds is 9. The van der Waals surface area contributed by atoms with Gasteiger partial charge in [0.1, 0.15) is 29.9 Å². The van der Waals surface area contributed by atoms with Gasteiger partial charge in [-0.15, -0.1) is 0 Å². The number of benzene rings is 1. The van der Waals surface area contributed by atoms with Crippen LogP contribution in [0.1, 0.15) is 55.2 Å². The predicted octanol–water partition coefficient (Wildman–Crippen LogP) is 6.06. The predicted molar refractivity (Wildman–Crippen MR) is 168 cm³/mol. The molecule has 4 aliphatic rings. The zero-order valence-electron chi connectivity index (χ0n) is 27.4. The number of hydrogen-bond acceptors (Lipinski definition) is 9. The zero-order chi connectivity index (χ0) is 35.7. The van der Waals surface area contributed by atoms with Crippen molar-refractivity contribution < 1.29 is 44.6 Å². The molecule has 3 N–H and O–H groups in total. The monoisotopic (exact) mass is 715 g/mol. The first-order valence-electron chi connectivity index (χ1n) is 16.6. The van der Waals surface area contributed by atoms with Crippen LogP contribution in [0.4, 0.5) is 46.8 Å². The molecule has 1 aromatic carbocycles. The largest absolute Gasteiger partial charge is 0.461 e. The number of nitrogen functional groups attached to an aromatic ring is 1. The summed E-state index contributed by atoms with van der Waals surface area (Å²) in [5.74, 6) is -2.21. The molecule has 0 aliphatic carbocycles. The van der Waals surface area contributed by atoms with Gasteiger partial charge in [0.25, 0.3) is 0 Å². The van der Waals surface area contributed by atoms with Crippen LogP contribution >= 0.6 is 0 Å². The average Bonchev–Trinajstić information content (AvgIpc) is 3.77. The van der Waals surface area contributed by atoms with Crippen molar-refractivity contribution in [3.63, 3.8) is 0 Å². The van der Waals surface area contributed by atoms with Crippen LogP contribution in [-0.2, 0) is 17.1 Å². The number of fused-ring (bicyclic) bond motifs is 4. The molecule has 9 nitrogen and oxygen atoms in total. The van der Waals surface area contributed by atoms with Gasteiger partial charge in [-0.3, -0.25) is 4.90 Å². The van der Waals surface area contributed by atoms with E-state index in [0.717, 1.165) is 19.4 Å². The van der Waals surface area contributed by atoms with Crippen molar-refractivity contribution in [1.82, 2.24) is 25.2 Å². The number of aromatic nitrogens is 3. The molecule has 17 heteroatoms. The van der Waals surface area contributed by atoms with Crippen LogP contribution in [0.5, 0.6) is 6.01 Å². The molecule has 0 amide bonds. The second-order valence-corrected chi connectivity index (χ2v) is 13.8. The summed E-state index contributed by atoms with van der Waals surface area (Å²) in [4.78, 5) is 16.2. The SMILES string of the molecule is COCCNC1C[C@H]2CC[C@H]1N2c1nc(OC[C@@]23CCCN2C[C@H](F)C3)nc2c(F)c(-c3nc(N)cc(C)c3C(F)(F)F)c(C(F)(F)F)cc12. The van der Waals surface area contributed by atoms with E-state index >= 15 is 4.39 Å². The van der Waals surface area contributed by atoms with Crippen molar-refractivity contribution >= 4 is 22.5 Å². The molecule has 2 aromatic heterocycles. The minimum Gasteiger partial charge on any atom is -0.461 e. The summed E-state index contributed by atoms with van der Waals surface area (Å²) in [6.45, 7) is 2.80. The molecule has 1 unspecified atom stereocenters. The zero-order valence-corrected chi connectivity index (χ0v) is 27.4. The van der Waals surface area contributed by atoms with E-state index < -0.39 is 69.2 Å². The Hall–Kier alpha value is -3.57. The molecular weight excluding hydrogens is 678 g/mol. The molecule has 0 radical (unpaired) electrons. The molecule has 0 saturated carbocycles. The summed E-state index contributed by atoms with van der Waals surface area (Å²) in [6.07, 6.45) is -7.96. The number of ether oxygens (including phenoxy) is 2. The number of nitrogens with one attached hydrogen (secondary N) is 1. The van der Waals surface area contributed by atoms with E-state index in [0.29, 0.717) is 51.4 Å². The Morgan fingerprint density at radius 3 is 2.58 bits per heavy atom. The average molecular weight is 716 g/mol. The quantitative estimate of drug-likeness (QED) is 0.202. The first kappa shape index (κ1) is 34.9. The van der Waals surface area contributed by atoms with E-state index in [1.807, 2.05) is 9.80 Å². The van der Waals surface area contributed by atoms with Crippen LogP contribution in [-0.4, -0.2) is 89.6 Å². The molecule has 4 fully saturated rings. The third-order valence-corrected chi connectivity index (χ3v) is 10.7. The van der Waals surface area contributed by atoms with Crippen LogP contribution in [0.25, 0.3) is 22.2 Å². The lowest BCUT2D eigenvalue weighted by molar-refractivity contribution is -0.139. The van der Waals surface area contributed by atoms with Gasteiger partial charge in [-0.1, -0.05) is 0 Å².